The van der Waals surface area contributed by atoms with Crippen LogP contribution in [-0.2, 0) is 6.42 Å². The van der Waals surface area contributed by atoms with Gasteiger partial charge in [-0.1, -0.05) is 40.5 Å². The van der Waals surface area contributed by atoms with Crippen LogP contribution in [0, 0.1) is 11.6 Å². The molecule has 0 saturated heterocycles. The number of hydrogen-bond donors (Lipinski definition) is 1. The molecular formula is C16H15BrClF2N. The largest absolute Gasteiger partial charge is 0.310 e. The second-order valence-electron chi connectivity index (χ2n) is 4.73. The van der Waals surface area contributed by atoms with Crippen LogP contribution in [0.15, 0.2) is 40.9 Å². The summed E-state index contributed by atoms with van der Waals surface area (Å²) in [6.45, 7) is 2.66. The summed E-state index contributed by atoms with van der Waals surface area (Å²) < 4.78 is 28.1. The van der Waals surface area contributed by atoms with E-state index in [2.05, 4.69) is 21.2 Å². The van der Waals surface area contributed by atoms with Crippen LogP contribution in [0.3, 0.4) is 0 Å². The molecule has 0 saturated carbocycles. The van der Waals surface area contributed by atoms with Gasteiger partial charge in [0, 0.05) is 16.1 Å². The highest BCUT2D eigenvalue weighted by Gasteiger charge is 2.16. The molecule has 1 atom stereocenters. The third kappa shape index (κ3) is 4.25. The lowest BCUT2D eigenvalue weighted by molar-refractivity contribution is 0.509. The summed E-state index contributed by atoms with van der Waals surface area (Å²) in [5, 5.41) is 3.33. The van der Waals surface area contributed by atoms with Gasteiger partial charge in [0.15, 0.2) is 0 Å². The zero-order chi connectivity index (χ0) is 15.4. The van der Waals surface area contributed by atoms with Crippen molar-refractivity contribution in [1.82, 2.24) is 5.32 Å². The number of hydrogen-bond acceptors (Lipinski definition) is 1. The first kappa shape index (κ1) is 16.4. The van der Waals surface area contributed by atoms with Crippen molar-refractivity contribution in [2.75, 3.05) is 6.54 Å². The number of halogens is 4. The summed E-state index contributed by atoms with van der Waals surface area (Å²) in [5.41, 5.74) is 1.43. The average molecular weight is 375 g/mol. The van der Waals surface area contributed by atoms with Gasteiger partial charge in [0.05, 0.1) is 5.02 Å². The van der Waals surface area contributed by atoms with Gasteiger partial charge in [-0.2, -0.15) is 0 Å². The number of benzene rings is 2. The van der Waals surface area contributed by atoms with Crippen LogP contribution in [-0.4, -0.2) is 6.54 Å². The van der Waals surface area contributed by atoms with Crippen LogP contribution in [0.1, 0.15) is 24.1 Å². The Hall–Kier alpha value is -0.970. The molecule has 0 aliphatic carbocycles. The maximum Gasteiger partial charge on any atom is 0.141 e. The van der Waals surface area contributed by atoms with Gasteiger partial charge in [-0.15, -0.1) is 0 Å². The summed E-state index contributed by atoms with van der Waals surface area (Å²) in [6.07, 6.45) is 0.529. The minimum Gasteiger partial charge on any atom is -0.310 e. The number of rotatable bonds is 5. The maximum absolute atomic E-state index is 14.0. The molecule has 0 fully saturated rings. The Morgan fingerprint density at radius 2 is 1.86 bits per heavy atom. The van der Waals surface area contributed by atoms with Crippen molar-refractivity contribution in [2.45, 2.75) is 19.4 Å². The van der Waals surface area contributed by atoms with E-state index in [1.54, 1.807) is 24.3 Å². The smallest absolute Gasteiger partial charge is 0.141 e. The number of likely N-dealkylation sites (N-methyl/N-ethyl adjacent to an activating group) is 1. The quantitative estimate of drug-likeness (QED) is 0.751. The Labute approximate surface area is 136 Å². The second kappa shape index (κ2) is 7.34. The molecule has 0 aliphatic heterocycles. The Bertz CT molecular complexity index is 634. The predicted molar refractivity (Wildman–Crippen MR) is 85.6 cm³/mol. The standard InChI is InChI=1S/C16H15BrClF2N/c1-2-21-16(12-9-11(17)4-6-14(12)19)8-10-3-5-15(20)13(18)7-10/h3-7,9,16,21H,2,8H2,1H3. The Balaban J connectivity index is 2.30. The highest BCUT2D eigenvalue weighted by molar-refractivity contribution is 9.10. The molecule has 0 aromatic heterocycles. The van der Waals surface area contributed by atoms with Crippen LogP contribution < -0.4 is 5.32 Å². The van der Waals surface area contributed by atoms with E-state index < -0.39 is 5.82 Å². The lowest BCUT2D eigenvalue weighted by atomic mass is 9.98. The molecule has 0 spiro atoms. The fourth-order valence-corrected chi connectivity index (χ4v) is 2.80. The molecule has 1 unspecified atom stereocenters. The van der Waals surface area contributed by atoms with Gasteiger partial charge in [0.2, 0.25) is 0 Å². The molecule has 2 aromatic carbocycles. The Morgan fingerprint density at radius 3 is 2.52 bits per heavy atom. The van der Waals surface area contributed by atoms with Crippen LogP contribution in [0.4, 0.5) is 8.78 Å². The fourth-order valence-electron chi connectivity index (χ4n) is 2.22. The first-order chi connectivity index (χ1) is 10.0. The second-order valence-corrected chi connectivity index (χ2v) is 6.05. The molecule has 2 aromatic rings. The molecule has 0 bridgehead atoms. The minimum absolute atomic E-state index is 0.0810. The first-order valence-electron chi connectivity index (χ1n) is 6.63. The fraction of sp³-hybridized carbons (Fsp3) is 0.250. The highest BCUT2D eigenvalue weighted by atomic mass is 79.9. The molecule has 112 valence electrons. The van der Waals surface area contributed by atoms with Crippen LogP contribution in [0.5, 0.6) is 0 Å². The molecule has 0 amide bonds. The van der Waals surface area contributed by atoms with Crippen LogP contribution in [0.2, 0.25) is 5.02 Å². The molecular weight excluding hydrogens is 360 g/mol. The third-order valence-electron chi connectivity index (χ3n) is 3.21. The van der Waals surface area contributed by atoms with Gasteiger partial charge in [0.1, 0.15) is 11.6 Å². The molecule has 0 aliphatic rings. The van der Waals surface area contributed by atoms with Gasteiger partial charge in [-0.3, -0.25) is 0 Å². The van der Waals surface area contributed by atoms with Crippen molar-refractivity contribution in [3.8, 4) is 0 Å². The van der Waals surface area contributed by atoms with E-state index in [0.29, 0.717) is 18.5 Å². The molecule has 1 N–H and O–H groups in total. The number of nitrogens with one attached hydrogen (secondary N) is 1. The van der Waals surface area contributed by atoms with Crippen molar-refractivity contribution in [1.29, 1.82) is 0 Å². The zero-order valence-corrected chi connectivity index (χ0v) is 13.8. The normalized spacial score (nSPS) is 12.4. The monoisotopic (exact) mass is 373 g/mol. The summed E-state index contributed by atoms with van der Waals surface area (Å²) in [7, 11) is 0. The summed E-state index contributed by atoms with van der Waals surface area (Å²) >= 11 is 9.16. The van der Waals surface area contributed by atoms with E-state index >= 15 is 0 Å². The lowest BCUT2D eigenvalue weighted by Crippen LogP contribution is -2.24. The van der Waals surface area contributed by atoms with Crippen molar-refractivity contribution in [3.63, 3.8) is 0 Å². The van der Waals surface area contributed by atoms with Crippen LogP contribution >= 0.6 is 27.5 Å². The highest BCUT2D eigenvalue weighted by Crippen LogP contribution is 2.26. The van der Waals surface area contributed by atoms with E-state index in [1.807, 2.05) is 6.92 Å². The van der Waals surface area contributed by atoms with Gasteiger partial charge in [-0.05, 0) is 48.9 Å². The summed E-state index contributed by atoms with van der Waals surface area (Å²) in [4.78, 5) is 0. The van der Waals surface area contributed by atoms with E-state index in [4.69, 9.17) is 11.6 Å². The zero-order valence-electron chi connectivity index (χ0n) is 11.5. The van der Waals surface area contributed by atoms with Crippen molar-refractivity contribution in [2.24, 2.45) is 0 Å². The maximum atomic E-state index is 14.0. The summed E-state index contributed by atoms with van der Waals surface area (Å²) in [6, 6.07) is 9.23. The minimum atomic E-state index is -0.450. The lowest BCUT2D eigenvalue weighted by Gasteiger charge is -2.19. The van der Waals surface area contributed by atoms with E-state index in [-0.39, 0.29) is 16.9 Å². The van der Waals surface area contributed by atoms with E-state index in [0.717, 1.165) is 10.0 Å². The van der Waals surface area contributed by atoms with Gasteiger partial charge < -0.3 is 5.32 Å². The molecule has 2 rings (SSSR count). The van der Waals surface area contributed by atoms with Crippen molar-refractivity contribution < 1.29 is 8.78 Å². The average Bonchev–Trinajstić information content (AvgIpc) is 2.45. The molecule has 0 heterocycles. The summed E-state index contributed by atoms with van der Waals surface area (Å²) in [5.74, 6) is -0.716. The Morgan fingerprint density at radius 1 is 1.14 bits per heavy atom. The van der Waals surface area contributed by atoms with Gasteiger partial charge in [-0.25, -0.2) is 8.78 Å². The first-order valence-corrected chi connectivity index (χ1v) is 7.80. The van der Waals surface area contributed by atoms with Gasteiger partial charge in [0.25, 0.3) is 0 Å². The third-order valence-corrected chi connectivity index (χ3v) is 3.99. The predicted octanol–water partition coefficient (Wildman–Crippen LogP) is 5.27. The van der Waals surface area contributed by atoms with E-state index in [1.165, 1.54) is 12.1 Å². The SMILES string of the molecule is CCNC(Cc1ccc(F)c(Cl)c1)c1cc(Br)ccc1F. The topological polar surface area (TPSA) is 12.0 Å². The molecule has 21 heavy (non-hydrogen) atoms. The Kier molecular flexibility index (Phi) is 5.73. The van der Waals surface area contributed by atoms with Gasteiger partial charge >= 0.3 is 0 Å². The molecule has 5 heteroatoms. The van der Waals surface area contributed by atoms with E-state index in [9.17, 15) is 8.78 Å². The van der Waals surface area contributed by atoms with Crippen molar-refractivity contribution >= 4 is 27.5 Å². The molecule has 0 radical (unpaired) electrons. The molecule has 1 nitrogen and oxygen atoms in total. The van der Waals surface area contributed by atoms with Crippen molar-refractivity contribution in [3.05, 3.63) is 68.7 Å². The van der Waals surface area contributed by atoms with Crippen LogP contribution in [0.25, 0.3) is 0 Å².